The van der Waals surface area contributed by atoms with Crippen LogP contribution in [0, 0.1) is 11.8 Å². The predicted octanol–water partition coefficient (Wildman–Crippen LogP) is 2.03. The summed E-state index contributed by atoms with van der Waals surface area (Å²) in [6.45, 7) is 0.0432. The Labute approximate surface area is 116 Å². The summed E-state index contributed by atoms with van der Waals surface area (Å²) in [4.78, 5) is 0. The number of hydrogen-bond donors (Lipinski definition) is 1. The first-order valence-corrected chi connectivity index (χ1v) is 8.68. The molecule has 18 heavy (non-hydrogen) atoms. The molecule has 0 aromatic heterocycles. The molecule has 1 aliphatic heterocycles. The Balaban J connectivity index is 2.09. The summed E-state index contributed by atoms with van der Waals surface area (Å²) >= 11 is 3.49. The van der Waals surface area contributed by atoms with Crippen molar-refractivity contribution in [2.75, 3.05) is 18.1 Å². The number of rotatable bonds is 4. The van der Waals surface area contributed by atoms with Crippen molar-refractivity contribution in [1.29, 1.82) is 0 Å². The van der Waals surface area contributed by atoms with Gasteiger partial charge in [-0.25, -0.2) is 8.42 Å². The zero-order chi connectivity index (χ0) is 13.2. The summed E-state index contributed by atoms with van der Waals surface area (Å²) in [5.41, 5.74) is 1.13. The van der Waals surface area contributed by atoms with Crippen LogP contribution < -0.4 is 0 Å². The highest BCUT2D eigenvalue weighted by Crippen LogP contribution is 2.30. The van der Waals surface area contributed by atoms with Crippen molar-refractivity contribution in [3.63, 3.8) is 0 Å². The lowest BCUT2D eigenvalue weighted by Crippen LogP contribution is -2.22. The fourth-order valence-corrected chi connectivity index (χ4v) is 4.89. The van der Waals surface area contributed by atoms with Crippen LogP contribution >= 0.6 is 15.9 Å². The summed E-state index contributed by atoms with van der Waals surface area (Å²) < 4.78 is 24.0. The van der Waals surface area contributed by atoms with E-state index in [1.807, 2.05) is 24.3 Å². The van der Waals surface area contributed by atoms with Gasteiger partial charge in [-0.05, 0) is 36.3 Å². The fourth-order valence-electron chi connectivity index (χ4n) is 2.52. The highest BCUT2D eigenvalue weighted by Gasteiger charge is 2.33. The van der Waals surface area contributed by atoms with Gasteiger partial charge in [0.1, 0.15) is 0 Å². The van der Waals surface area contributed by atoms with E-state index in [0.717, 1.165) is 16.5 Å². The first-order valence-electron chi connectivity index (χ1n) is 6.06. The van der Waals surface area contributed by atoms with E-state index in [-0.39, 0.29) is 29.9 Å². The minimum absolute atomic E-state index is 0.0287. The van der Waals surface area contributed by atoms with Crippen LogP contribution in [-0.4, -0.2) is 31.6 Å². The lowest BCUT2D eigenvalue weighted by atomic mass is 9.87. The second kappa shape index (κ2) is 5.72. The predicted molar refractivity (Wildman–Crippen MR) is 75.2 cm³/mol. The molecule has 1 saturated heterocycles. The Hall–Kier alpha value is -0.390. The molecule has 2 unspecified atom stereocenters. The van der Waals surface area contributed by atoms with E-state index in [0.29, 0.717) is 6.42 Å². The molecule has 1 heterocycles. The SMILES string of the molecule is O=S1(=O)CCC(C(CO)Cc2ccccc2Br)C1. The maximum absolute atomic E-state index is 11.5. The third kappa shape index (κ3) is 3.33. The molecule has 2 rings (SSSR count). The Bertz CT molecular complexity index is 513. The van der Waals surface area contributed by atoms with Crippen molar-refractivity contribution in [1.82, 2.24) is 0 Å². The maximum Gasteiger partial charge on any atom is 0.150 e. The minimum atomic E-state index is -2.88. The highest BCUT2D eigenvalue weighted by molar-refractivity contribution is 9.10. The van der Waals surface area contributed by atoms with Crippen molar-refractivity contribution in [3.8, 4) is 0 Å². The monoisotopic (exact) mass is 332 g/mol. The first-order chi connectivity index (χ1) is 8.52. The van der Waals surface area contributed by atoms with Crippen LogP contribution in [0.15, 0.2) is 28.7 Å². The lowest BCUT2D eigenvalue weighted by molar-refractivity contribution is 0.184. The van der Waals surface area contributed by atoms with E-state index < -0.39 is 9.84 Å². The standard InChI is InChI=1S/C13H17BrO3S/c14-13-4-2-1-3-10(13)7-12(8-15)11-5-6-18(16,17)9-11/h1-4,11-12,15H,5-9H2. The third-order valence-corrected chi connectivity index (χ3v) is 6.18. The zero-order valence-electron chi connectivity index (χ0n) is 10.0. The van der Waals surface area contributed by atoms with Crippen LogP contribution in [-0.2, 0) is 16.3 Å². The first kappa shape index (κ1) is 14.0. The molecule has 1 aromatic rings. The van der Waals surface area contributed by atoms with Gasteiger partial charge in [0.05, 0.1) is 11.5 Å². The van der Waals surface area contributed by atoms with Crippen molar-refractivity contribution in [3.05, 3.63) is 34.3 Å². The van der Waals surface area contributed by atoms with Gasteiger partial charge < -0.3 is 5.11 Å². The highest BCUT2D eigenvalue weighted by atomic mass is 79.9. The average molecular weight is 333 g/mol. The van der Waals surface area contributed by atoms with Crippen molar-refractivity contribution < 1.29 is 13.5 Å². The van der Waals surface area contributed by atoms with Gasteiger partial charge >= 0.3 is 0 Å². The van der Waals surface area contributed by atoms with E-state index in [1.54, 1.807) is 0 Å². The Morgan fingerprint density at radius 3 is 2.67 bits per heavy atom. The molecule has 5 heteroatoms. The van der Waals surface area contributed by atoms with Gasteiger partial charge in [0, 0.05) is 11.1 Å². The van der Waals surface area contributed by atoms with Gasteiger partial charge in [-0.2, -0.15) is 0 Å². The van der Waals surface area contributed by atoms with Crippen LogP contribution in [0.1, 0.15) is 12.0 Å². The number of halogens is 1. The molecular formula is C13H17BrO3S. The molecule has 1 fully saturated rings. The van der Waals surface area contributed by atoms with Crippen LogP contribution in [0.5, 0.6) is 0 Å². The lowest BCUT2D eigenvalue weighted by Gasteiger charge is -2.20. The molecule has 1 aliphatic rings. The average Bonchev–Trinajstić information content (AvgIpc) is 2.68. The quantitative estimate of drug-likeness (QED) is 0.917. The summed E-state index contributed by atoms with van der Waals surface area (Å²) in [6, 6.07) is 7.88. The van der Waals surface area contributed by atoms with Gasteiger partial charge in [0.15, 0.2) is 9.84 Å². The molecule has 3 nitrogen and oxygen atoms in total. The Morgan fingerprint density at radius 2 is 2.11 bits per heavy atom. The molecule has 2 atom stereocenters. The normalized spacial score (nSPS) is 24.0. The van der Waals surface area contributed by atoms with E-state index in [4.69, 9.17) is 0 Å². The van der Waals surface area contributed by atoms with Crippen molar-refractivity contribution >= 4 is 25.8 Å². The van der Waals surface area contributed by atoms with Gasteiger partial charge in [-0.15, -0.1) is 0 Å². The Kier molecular flexibility index (Phi) is 4.45. The number of aliphatic hydroxyl groups is 1. The molecule has 0 saturated carbocycles. The van der Waals surface area contributed by atoms with Gasteiger partial charge in [-0.1, -0.05) is 34.1 Å². The maximum atomic E-state index is 11.5. The van der Waals surface area contributed by atoms with Crippen LogP contribution in [0.3, 0.4) is 0 Å². The minimum Gasteiger partial charge on any atom is -0.396 e. The number of aliphatic hydroxyl groups excluding tert-OH is 1. The van der Waals surface area contributed by atoms with Crippen LogP contribution in [0.25, 0.3) is 0 Å². The molecule has 0 aliphatic carbocycles. The topological polar surface area (TPSA) is 54.4 Å². The Morgan fingerprint density at radius 1 is 1.39 bits per heavy atom. The third-order valence-electron chi connectivity index (χ3n) is 3.61. The number of sulfone groups is 1. The van der Waals surface area contributed by atoms with Gasteiger partial charge in [-0.3, -0.25) is 0 Å². The van der Waals surface area contributed by atoms with E-state index in [9.17, 15) is 13.5 Å². The molecule has 1 N–H and O–H groups in total. The van der Waals surface area contributed by atoms with Crippen molar-refractivity contribution in [2.24, 2.45) is 11.8 Å². The smallest absolute Gasteiger partial charge is 0.150 e. The fraction of sp³-hybridized carbons (Fsp3) is 0.538. The summed E-state index contributed by atoms with van der Waals surface area (Å²) in [6.07, 6.45) is 1.40. The van der Waals surface area contributed by atoms with Crippen LogP contribution in [0.4, 0.5) is 0 Å². The molecule has 0 radical (unpaired) electrons. The van der Waals surface area contributed by atoms with E-state index in [2.05, 4.69) is 15.9 Å². The van der Waals surface area contributed by atoms with Crippen molar-refractivity contribution in [2.45, 2.75) is 12.8 Å². The summed E-state index contributed by atoms with van der Waals surface area (Å²) in [5.74, 6) is 0.611. The number of benzene rings is 1. The summed E-state index contributed by atoms with van der Waals surface area (Å²) in [5, 5.41) is 9.50. The van der Waals surface area contributed by atoms with Gasteiger partial charge in [0.25, 0.3) is 0 Å². The molecule has 0 amide bonds. The van der Waals surface area contributed by atoms with Crippen LogP contribution in [0.2, 0.25) is 0 Å². The second-order valence-corrected chi connectivity index (χ2v) is 7.98. The molecule has 1 aromatic carbocycles. The zero-order valence-corrected chi connectivity index (χ0v) is 12.5. The van der Waals surface area contributed by atoms with E-state index >= 15 is 0 Å². The molecule has 0 bridgehead atoms. The number of hydrogen-bond acceptors (Lipinski definition) is 3. The summed E-state index contributed by atoms with van der Waals surface area (Å²) in [7, 11) is -2.88. The molecular weight excluding hydrogens is 316 g/mol. The molecule has 100 valence electrons. The largest absolute Gasteiger partial charge is 0.396 e. The van der Waals surface area contributed by atoms with Gasteiger partial charge in [0.2, 0.25) is 0 Å². The van der Waals surface area contributed by atoms with E-state index in [1.165, 1.54) is 0 Å². The second-order valence-electron chi connectivity index (χ2n) is 4.90. The molecule has 0 spiro atoms.